The molecule has 57 heavy (non-hydrogen) atoms. The molecule has 3 unspecified atom stereocenters. The number of aliphatic hydroxyl groups is 1. The lowest BCUT2D eigenvalue weighted by Gasteiger charge is -2.35. The van der Waals surface area contributed by atoms with Crippen molar-refractivity contribution in [3.63, 3.8) is 0 Å². The van der Waals surface area contributed by atoms with Crippen LogP contribution in [0, 0.1) is 26.1 Å². The Hall–Kier alpha value is -5.57. The molecule has 300 valence electrons. The Bertz CT molecular complexity index is 2140. The van der Waals surface area contributed by atoms with Crippen LogP contribution in [-0.2, 0) is 36.4 Å². The lowest BCUT2D eigenvalue weighted by molar-refractivity contribution is -0.442. The number of rotatable bonds is 18. The van der Waals surface area contributed by atoms with Gasteiger partial charge < -0.3 is 24.6 Å². The molecule has 3 atom stereocenters. The number of carboxylic acids is 1. The van der Waals surface area contributed by atoms with Crippen LogP contribution in [0.2, 0.25) is 0 Å². The number of allylic oxidation sites excluding steroid dienone is 2. The van der Waals surface area contributed by atoms with Crippen LogP contribution in [-0.4, -0.2) is 81.7 Å². The number of nitrogens with zero attached hydrogens (tertiary/aromatic N) is 4. The minimum atomic E-state index is -1.14. The van der Waals surface area contributed by atoms with E-state index in [1.165, 1.54) is 12.1 Å². The molecule has 3 aliphatic rings. The maximum absolute atomic E-state index is 14.3. The van der Waals surface area contributed by atoms with Crippen molar-refractivity contribution < 1.29 is 43.7 Å². The summed E-state index contributed by atoms with van der Waals surface area (Å²) in [6.07, 6.45) is 5.29. The number of anilines is 1. The Kier molecular flexibility index (Phi) is 12.2. The fourth-order valence-corrected chi connectivity index (χ4v) is 8.49. The molecule has 1 saturated carbocycles. The molecular weight excluding hydrogens is 732 g/mol. The zero-order valence-corrected chi connectivity index (χ0v) is 32.7. The summed E-state index contributed by atoms with van der Waals surface area (Å²) in [5, 5.41) is 44.4. The number of methoxy groups -OCH3 is 1. The van der Waals surface area contributed by atoms with E-state index in [0.29, 0.717) is 50.5 Å². The highest BCUT2D eigenvalue weighted by Crippen LogP contribution is 2.50. The number of aliphatic carboxylic acids is 1. The van der Waals surface area contributed by atoms with Gasteiger partial charge in [0.15, 0.2) is 18.0 Å². The third-order valence-corrected chi connectivity index (χ3v) is 11.5. The van der Waals surface area contributed by atoms with Crippen LogP contribution in [0.4, 0.5) is 22.7 Å². The number of benzene rings is 3. The summed E-state index contributed by atoms with van der Waals surface area (Å²) in [5.74, 6) is -1.96. The SMILES string of the molecule is COCCOCC[N+]1=C(C=C2C(=O)C(C=C3N(Cc4cc([N+](=O)[O-])cc([N+](=O)[O-])c4)c4ccccc4C3(C)C)C2O)C(C)(CCCCCC(=O)O)c2ccccc21. The molecule has 3 aromatic rings. The Morgan fingerprint density at radius 3 is 2.25 bits per heavy atom. The highest BCUT2D eigenvalue weighted by atomic mass is 16.6. The highest BCUT2D eigenvalue weighted by molar-refractivity contribution is 6.14. The van der Waals surface area contributed by atoms with E-state index < -0.39 is 50.0 Å². The van der Waals surface area contributed by atoms with Gasteiger partial charge in [0, 0.05) is 72.3 Å². The van der Waals surface area contributed by atoms with E-state index in [2.05, 4.69) is 17.6 Å². The minimum absolute atomic E-state index is 0.0525. The molecule has 2 N–H and O–H groups in total. The standard InChI is InChI=1S/C43H48N4O10/c1-42(2)33-12-7-9-14-35(33)45(27-28-22-29(46(52)53)24-30(23-28)47(54)55)37(42)25-31-40(50)32(41(31)51)26-38-43(3,17-11-5-6-16-39(48)49)34-13-8-10-15-36(34)44(38)18-19-57-21-20-56-4/h7-10,12-15,22-26,31,40,50H,5-6,11,16-21,27H2,1-4H3/p+1. The van der Waals surface area contributed by atoms with Crippen LogP contribution in [0.15, 0.2) is 90.2 Å². The van der Waals surface area contributed by atoms with E-state index in [1.54, 1.807) is 13.2 Å². The van der Waals surface area contributed by atoms with Crippen molar-refractivity contribution in [2.75, 3.05) is 38.4 Å². The number of nitro benzene ring substituents is 2. The molecule has 1 aliphatic carbocycles. The first-order chi connectivity index (χ1) is 27.2. The molecule has 14 nitrogen and oxygen atoms in total. The van der Waals surface area contributed by atoms with Crippen LogP contribution in [0.25, 0.3) is 0 Å². The summed E-state index contributed by atoms with van der Waals surface area (Å²) in [4.78, 5) is 49.5. The Morgan fingerprint density at radius 2 is 1.60 bits per heavy atom. The van der Waals surface area contributed by atoms with E-state index in [9.17, 15) is 40.0 Å². The molecule has 0 radical (unpaired) electrons. The number of Topliss-reactive ketones (excluding diaryl/α,β-unsaturated/α-hetero) is 1. The largest absolute Gasteiger partial charge is 0.481 e. The van der Waals surface area contributed by atoms with Crippen molar-refractivity contribution in [2.45, 2.75) is 76.4 Å². The van der Waals surface area contributed by atoms with E-state index in [1.807, 2.05) is 67.3 Å². The van der Waals surface area contributed by atoms with Crippen LogP contribution < -0.4 is 4.90 Å². The van der Waals surface area contributed by atoms with Crippen LogP contribution in [0.3, 0.4) is 0 Å². The summed E-state index contributed by atoms with van der Waals surface area (Å²) in [6.45, 7) is 7.94. The van der Waals surface area contributed by atoms with Crippen molar-refractivity contribution in [1.29, 1.82) is 0 Å². The number of ketones is 1. The van der Waals surface area contributed by atoms with Crippen molar-refractivity contribution in [1.82, 2.24) is 0 Å². The maximum Gasteiger partial charge on any atom is 0.303 e. The third-order valence-electron chi connectivity index (χ3n) is 11.5. The zero-order valence-electron chi connectivity index (χ0n) is 32.7. The summed E-state index contributed by atoms with van der Waals surface area (Å²) >= 11 is 0. The van der Waals surface area contributed by atoms with Gasteiger partial charge in [-0.15, -0.1) is 0 Å². The molecule has 3 aromatic carbocycles. The van der Waals surface area contributed by atoms with E-state index in [4.69, 9.17) is 9.47 Å². The summed E-state index contributed by atoms with van der Waals surface area (Å²) < 4.78 is 13.2. The molecular formula is C43H49N4O10+. The number of unbranched alkanes of at least 4 members (excludes halogenated alkanes) is 2. The number of aliphatic hydroxyl groups excluding tert-OH is 1. The molecule has 0 bridgehead atoms. The van der Waals surface area contributed by atoms with E-state index in [-0.39, 0.29) is 24.3 Å². The van der Waals surface area contributed by atoms with Crippen LogP contribution in [0.5, 0.6) is 0 Å². The normalized spacial score (nSPS) is 22.2. The number of carboxylic acid groups (broad SMARTS) is 1. The summed E-state index contributed by atoms with van der Waals surface area (Å²) in [7, 11) is 1.61. The number of fused-ring (bicyclic) bond motifs is 2. The monoisotopic (exact) mass is 781 g/mol. The van der Waals surface area contributed by atoms with Crippen molar-refractivity contribution in [2.24, 2.45) is 5.92 Å². The van der Waals surface area contributed by atoms with Gasteiger partial charge in [-0.3, -0.25) is 29.8 Å². The summed E-state index contributed by atoms with van der Waals surface area (Å²) in [5.41, 5.74) is 3.97. The Labute approximate surface area is 331 Å². The Morgan fingerprint density at radius 1 is 0.930 bits per heavy atom. The fourth-order valence-electron chi connectivity index (χ4n) is 8.49. The Balaban J connectivity index is 1.36. The van der Waals surface area contributed by atoms with Gasteiger partial charge in [-0.1, -0.05) is 69.2 Å². The average molecular weight is 782 g/mol. The fraction of sp³-hybridized carbons (Fsp3) is 0.419. The maximum atomic E-state index is 14.3. The van der Waals surface area contributed by atoms with Gasteiger partial charge in [-0.25, -0.2) is 0 Å². The van der Waals surface area contributed by atoms with Crippen molar-refractivity contribution >= 4 is 40.2 Å². The first-order valence-corrected chi connectivity index (χ1v) is 19.2. The molecule has 14 heteroatoms. The predicted octanol–water partition coefficient (Wildman–Crippen LogP) is 6.93. The number of hydrogen-bond acceptors (Lipinski definition) is 10. The van der Waals surface area contributed by atoms with Crippen LogP contribution >= 0.6 is 0 Å². The molecule has 0 amide bonds. The highest BCUT2D eigenvalue weighted by Gasteiger charge is 2.51. The molecule has 6 rings (SSSR count). The lowest BCUT2D eigenvalue weighted by atomic mass is 9.69. The quantitative estimate of drug-likeness (QED) is 0.0449. The topological polar surface area (TPSA) is 186 Å². The first kappa shape index (κ1) is 41.1. The van der Waals surface area contributed by atoms with E-state index in [0.717, 1.165) is 47.1 Å². The van der Waals surface area contributed by atoms with Gasteiger partial charge in [-0.05, 0) is 37.0 Å². The van der Waals surface area contributed by atoms with Gasteiger partial charge in [0.2, 0.25) is 5.69 Å². The zero-order chi connectivity index (χ0) is 41.1. The van der Waals surface area contributed by atoms with Gasteiger partial charge in [-0.2, -0.15) is 4.58 Å². The van der Waals surface area contributed by atoms with Gasteiger partial charge in [0.1, 0.15) is 6.61 Å². The number of nitro groups is 2. The second kappa shape index (κ2) is 16.9. The first-order valence-electron chi connectivity index (χ1n) is 19.2. The predicted molar refractivity (Wildman–Crippen MR) is 213 cm³/mol. The lowest BCUT2D eigenvalue weighted by Crippen LogP contribution is -2.46. The van der Waals surface area contributed by atoms with Crippen molar-refractivity contribution in [3.05, 3.63) is 127 Å². The number of carbonyl (C=O) groups is 2. The second-order valence-electron chi connectivity index (χ2n) is 15.5. The number of carbonyl (C=O) groups excluding carboxylic acids is 1. The van der Waals surface area contributed by atoms with Crippen molar-refractivity contribution in [3.8, 4) is 0 Å². The summed E-state index contributed by atoms with van der Waals surface area (Å²) in [6, 6.07) is 19.3. The number of hydrogen-bond donors (Lipinski definition) is 2. The molecule has 2 aliphatic heterocycles. The number of non-ortho nitro benzene ring substituents is 2. The van der Waals surface area contributed by atoms with Crippen LogP contribution in [0.1, 0.15) is 69.6 Å². The minimum Gasteiger partial charge on any atom is -0.481 e. The average Bonchev–Trinajstić information content (AvgIpc) is 3.54. The second-order valence-corrected chi connectivity index (χ2v) is 15.5. The van der Waals surface area contributed by atoms with Gasteiger partial charge >= 0.3 is 5.97 Å². The molecule has 2 heterocycles. The molecule has 1 fully saturated rings. The smallest absolute Gasteiger partial charge is 0.303 e. The molecule has 0 spiro atoms. The number of para-hydroxylation sites is 2. The third kappa shape index (κ3) is 8.16. The number of ether oxygens (including phenoxy) is 2. The van der Waals surface area contributed by atoms with Gasteiger partial charge in [0.05, 0.1) is 46.6 Å². The van der Waals surface area contributed by atoms with E-state index >= 15 is 0 Å². The molecule has 0 saturated heterocycles. The molecule has 0 aromatic heterocycles. The van der Waals surface area contributed by atoms with Gasteiger partial charge in [0.25, 0.3) is 11.4 Å².